The van der Waals surface area contributed by atoms with Gasteiger partial charge in [0, 0.05) is 19.4 Å². The van der Waals surface area contributed by atoms with Crippen molar-refractivity contribution in [3.8, 4) is 11.5 Å². The first-order chi connectivity index (χ1) is 9.47. The Kier molecular flexibility index (Phi) is 5.58. The number of methoxy groups -OCH3 is 1. The van der Waals surface area contributed by atoms with Gasteiger partial charge in [-0.15, -0.1) is 0 Å². The molecule has 6 heteroatoms. The summed E-state index contributed by atoms with van der Waals surface area (Å²) in [5.74, 6) is -0.151. The van der Waals surface area contributed by atoms with Gasteiger partial charge < -0.3 is 14.3 Å². The van der Waals surface area contributed by atoms with E-state index in [4.69, 9.17) is 14.3 Å². The monoisotopic (exact) mass is 279 g/mol. The second-order valence-electron chi connectivity index (χ2n) is 3.86. The maximum atomic E-state index is 11.0. The minimum absolute atomic E-state index is 0.326. The Morgan fingerprint density at radius 3 is 2.35 bits per heavy atom. The summed E-state index contributed by atoms with van der Waals surface area (Å²) in [6, 6.07) is 4.99. The third kappa shape index (κ3) is 4.31. The van der Waals surface area contributed by atoms with E-state index < -0.39 is 11.9 Å². The second-order valence-corrected chi connectivity index (χ2v) is 3.86. The molecule has 0 aromatic heterocycles. The Bertz CT molecular complexity index is 536. The number of nitrogens with one attached hydrogen (secondary N) is 1. The molecule has 0 unspecified atom stereocenters. The molecule has 0 heterocycles. The van der Waals surface area contributed by atoms with E-state index in [-0.39, 0.29) is 0 Å². The van der Waals surface area contributed by atoms with Crippen molar-refractivity contribution in [3.05, 3.63) is 29.8 Å². The van der Waals surface area contributed by atoms with Crippen LogP contribution >= 0.6 is 0 Å². The molecule has 0 spiro atoms. The molecule has 0 bridgehead atoms. The van der Waals surface area contributed by atoms with Crippen molar-refractivity contribution in [2.45, 2.75) is 20.8 Å². The summed E-state index contributed by atoms with van der Waals surface area (Å²) in [4.78, 5) is 26.5. The molecule has 1 aromatic rings. The fraction of sp³-hybridized carbons (Fsp3) is 0.286. The highest BCUT2D eigenvalue weighted by Crippen LogP contribution is 2.30. The molecule has 1 rings (SSSR count). The topological polar surface area (TPSA) is 73.9 Å². The number of rotatable bonds is 5. The maximum Gasteiger partial charge on any atom is 0.329 e. The fourth-order valence-electron chi connectivity index (χ4n) is 1.49. The van der Waals surface area contributed by atoms with Crippen LogP contribution in [0.25, 0.3) is 5.70 Å². The van der Waals surface area contributed by atoms with Crippen LogP contribution in [0.3, 0.4) is 0 Å². The lowest BCUT2D eigenvalue weighted by molar-refractivity contribution is -0.145. The zero-order chi connectivity index (χ0) is 15.1. The van der Waals surface area contributed by atoms with E-state index in [1.54, 1.807) is 31.2 Å². The molecular weight excluding hydrogens is 262 g/mol. The van der Waals surface area contributed by atoms with Gasteiger partial charge in [-0.25, -0.2) is 5.48 Å². The number of benzene rings is 1. The van der Waals surface area contributed by atoms with Crippen LogP contribution in [-0.4, -0.2) is 19.0 Å². The van der Waals surface area contributed by atoms with Gasteiger partial charge in [0.25, 0.3) is 0 Å². The van der Waals surface area contributed by atoms with Crippen LogP contribution < -0.4 is 15.0 Å². The van der Waals surface area contributed by atoms with Crippen molar-refractivity contribution in [3.63, 3.8) is 0 Å². The average molecular weight is 279 g/mol. The number of hydrogen-bond donors (Lipinski definition) is 1. The predicted molar refractivity (Wildman–Crippen MR) is 72.9 cm³/mol. The standard InChI is InChI=1S/C14H17NO5/c1-5-12(15-20-10(3)17)11-6-7-13(19-9(2)16)14(8-11)18-4/h5-8,15H,1-4H3. The molecule has 0 amide bonds. The summed E-state index contributed by atoms with van der Waals surface area (Å²) in [5.41, 5.74) is 3.86. The van der Waals surface area contributed by atoms with Crippen molar-refractivity contribution in [1.82, 2.24) is 5.48 Å². The van der Waals surface area contributed by atoms with Crippen molar-refractivity contribution in [2.75, 3.05) is 7.11 Å². The summed E-state index contributed by atoms with van der Waals surface area (Å²) in [6.07, 6.45) is 1.74. The lowest BCUT2D eigenvalue weighted by atomic mass is 10.1. The van der Waals surface area contributed by atoms with Gasteiger partial charge in [-0.05, 0) is 25.1 Å². The molecule has 0 radical (unpaired) electrons. The van der Waals surface area contributed by atoms with Gasteiger partial charge in [-0.1, -0.05) is 6.08 Å². The minimum atomic E-state index is -0.451. The number of carbonyl (C=O) groups excluding carboxylic acids is 2. The highest BCUT2D eigenvalue weighted by Gasteiger charge is 2.10. The summed E-state index contributed by atoms with van der Waals surface area (Å²) in [7, 11) is 1.47. The highest BCUT2D eigenvalue weighted by molar-refractivity contribution is 5.73. The van der Waals surface area contributed by atoms with Gasteiger partial charge in [0.15, 0.2) is 11.5 Å². The lowest BCUT2D eigenvalue weighted by Crippen LogP contribution is -2.16. The van der Waals surface area contributed by atoms with E-state index in [0.717, 1.165) is 5.56 Å². The van der Waals surface area contributed by atoms with Gasteiger partial charge >= 0.3 is 11.9 Å². The molecule has 0 aliphatic heterocycles. The average Bonchev–Trinajstić information content (AvgIpc) is 2.39. The molecule has 108 valence electrons. The first kappa shape index (κ1) is 15.6. The predicted octanol–water partition coefficient (Wildman–Crippen LogP) is 2.05. The number of esters is 1. The minimum Gasteiger partial charge on any atom is -0.493 e. The first-order valence-electron chi connectivity index (χ1n) is 5.94. The molecule has 1 aromatic carbocycles. The van der Waals surface area contributed by atoms with Crippen molar-refractivity contribution in [1.29, 1.82) is 0 Å². The van der Waals surface area contributed by atoms with Crippen molar-refractivity contribution >= 4 is 17.6 Å². The van der Waals surface area contributed by atoms with E-state index >= 15 is 0 Å². The smallest absolute Gasteiger partial charge is 0.329 e. The summed E-state index contributed by atoms with van der Waals surface area (Å²) in [5, 5.41) is 0. The molecule has 0 fully saturated rings. The molecule has 0 aliphatic carbocycles. The van der Waals surface area contributed by atoms with Gasteiger partial charge in [0.2, 0.25) is 0 Å². The van der Waals surface area contributed by atoms with E-state index in [1.165, 1.54) is 21.0 Å². The molecule has 6 nitrogen and oxygen atoms in total. The molecule has 0 saturated carbocycles. The van der Waals surface area contributed by atoms with E-state index in [0.29, 0.717) is 17.2 Å². The Balaban J connectivity index is 3.01. The quantitative estimate of drug-likeness (QED) is 0.505. The van der Waals surface area contributed by atoms with Gasteiger partial charge in [-0.3, -0.25) is 9.59 Å². The second kappa shape index (κ2) is 7.18. The van der Waals surface area contributed by atoms with E-state index in [9.17, 15) is 9.59 Å². The lowest BCUT2D eigenvalue weighted by Gasteiger charge is -2.13. The SMILES string of the molecule is CC=C(NOC(C)=O)c1ccc(OC(C)=O)c(OC)c1. The fourth-order valence-corrected chi connectivity index (χ4v) is 1.49. The summed E-state index contributed by atoms with van der Waals surface area (Å²) < 4.78 is 10.2. The largest absolute Gasteiger partial charge is 0.493 e. The zero-order valence-electron chi connectivity index (χ0n) is 11.9. The molecule has 1 N–H and O–H groups in total. The normalized spacial score (nSPS) is 10.7. The van der Waals surface area contributed by atoms with Crippen LogP contribution in [0.1, 0.15) is 26.3 Å². The molecule has 20 heavy (non-hydrogen) atoms. The van der Waals surface area contributed by atoms with Crippen LogP contribution in [0.4, 0.5) is 0 Å². The van der Waals surface area contributed by atoms with Gasteiger partial charge in [-0.2, -0.15) is 0 Å². The molecular formula is C14H17NO5. The van der Waals surface area contributed by atoms with Crippen LogP contribution in [-0.2, 0) is 14.4 Å². The number of allylic oxidation sites excluding steroid dienone is 1. The van der Waals surface area contributed by atoms with E-state index in [1.807, 2.05) is 0 Å². The zero-order valence-corrected chi connectivity index (χ0v) is 11.9. The van der Waals surface area contributed by atoms with Gasteiger partial charge in [0.05, 0.1) is 12.8 Å². The molecule has 0 aliphatic rings. The Morgan fingerprint density at radius 2 is 1.85 bits per heavy atom. The molecule has 0 saturated heterocycles. The summed E-state index contributed by atoms with van der Waals surface area (Å²) >= 11 is 0. The number of hydrogen-bond acceptors (Lipinski definition) is 6. The van der Waals surface area contributed by atoms with Crippen LogP contribution in [0, 0.1) is 0 Å². The highest BCUT2D eigenvalue weighted by atomic mass is 16.7. The van der Waals surface area contributed by atoms with Crippen LogP contribution in [0.5, 0.6) is 11.5 Å². The summed E-state index contributed by atoms with van der Waals surface area (Å²) in [6.45, 7) is 4.40. The Morgan fingerprint density at radius 1 is 1.15 bits per heavy atom. The molecule has 0 atom stereocenters. The van der Waals surface area contributed by atoms with E-state index in [2.05, 4.69) is 5.48 Å². The van der Waals surface area contributed by atoms with Crippen LogP contribution in [0.15, 0.2) is 24.3 Å². The van der Waals surface area contributed by atoms with Crippen molar-refractivity contribution in [2.24, 2.45) is 0 Å². The third-order valence-electron chi connectivity index (χ3n) is 2.32. The number of hydroxylamine groups is 1. The van der Waals surface area contributed by atoms with Crippen LogP contribution in [0.2, 0.25) is 0 Å². The first-order valence-corrected chi connectivity index (χ1v) is 5.94. The Labute approximate surface area is 117 Å². The maximum absolute atomic E-state index is 11.0. The third-order valence-corrected chi connectivity index (χ3v) is 2.32. The number of carbonyl (C=O) groups is 2. The van der Waals surface area contributed by atoms with Crippen molar-refractivity contribution < 1.29 is 23.9 Å². The number of ether oxygens (including phenoxy) is 2. The van der Waals surface area contributed by atoms with Gasteiger partial charge in [0.1, 0.15) is 0 Å². The Hall–Kier alpha value is -2.50.